The van der Waals surface area contributed by atoms with Crippen molar-refractivity contribution < 1.29 is 9.90 Å². The zero-order valence-electron chi connectivity index (χ0n) is 8.27. The Labute approximate surface area is 104 Å². The summed E-state index contributed by atoms with van der Waals surface area (Å²) < 4.78 is 0.878. The first-order chi connectivity index (χ1) is 7.58. The van der Waals surface area contributed by atoms with Crippen LogP contribution in [0.1, 0.15) is 15.4 Å². The van der Waals surface area contributed by atoms with Crippen LogP contribution < -0.4 is 0 Å². The zero-order chi connectivity index (χ0) is 11.7. The summed E-state index contributed by atoms with van der Waals surface area (Å²) >= 11 is 4.62. The number of carboxylic acids is 1. The van der Waals surface area contributed by atoms with E-state index >= 15 is 0 Å². The molecule has 0 aromatic carbocycles. The molecule has 0 aliphatic carbocycles. The maximum absolute atomic E-state index is 10.8. The molecule has 2 aromatic heterocycles. The minimum absolute atomic E-state index is 0.102. The minimum Gasteiger partial charge on any atom is -0.476 e. The lowest BCUT2D eigenvalue weighted by atomic mass is 10.3. The van der Waals surface area contributed by atoms with Crippen LogP contribution in [0, 0.1) is 6.92 Å². The molecule has 1 N–H and O–H groups in total. The number of hydrogen-bond donors (Lipinski definition) is 1. The van der Waals surface area contributed by atoms with Gasteiger partial charge in [-0.2, -0.15) is 0 Å². The molecule has 0 atom stereocenters. The highest BCUT2D eigenvalue weighted by atomic mass is 79.9. The average Bonchev–Trinajstić information content (AvgIpc) is 2.61. The molecule has 0 aliphatic heterocycles. The van der Waals surface area contributed by atoms with E-state index in [1.54, 1.807) is 19.2 Å². The van der Waals surface area contributed by atoms with E-state index in [9.17, 15) is 4.79 Å². The third-order valence-electron chi connectivity index (χ3n) is 1.95. The Morgan fingerprint density at radius 1 is 1.50 bits per heavy atom. The largest absolute Gasteiger partial charge is 0.476 e. The molecule has 6 heteroatoms. The van der Waals surface area contributed by atoms with Crippen LogP contribution in [0.3, 0.4) is 0 Å². The number of rotatable bonds is 2. The molecule has 0 unspecified atom stereocenters. The Morgan fingerprint density at radius 2 is 2.25 bits per heavy atom. The van der Waals surface area contributed by atoms with Gasteiger partial charge in [-0.05, 0) is 35.0 Å². The van der Waals surface area contributed by atoms with Gasteiger partial charge in [0.1, 0.15) is 5.01 Å². The molecule has 0 radical (unpaired) electrons. The second kappa shape index (κ2) is 4.31. The normalized spacial score (nSPS) is 10.4. The van der Waals surface area contributed by atoms with Gasteiger partial charge in [0.25, 0.3) is 0 Å². The van der Waals surface area contributed by atoms with Crippen LogP contribution in [0.4, 0.5) is 0 Å². The van der Waals surface area contributed by atoms with Gasteiger partial charge in [-0.15, -0.1) is 11.3 Å². The van der Waals surface area contributed by atoms with Gasteiger partial charge < -0.3 is 5.11 Å². The van der Waals surface area contributed by atoms with E-state index in [1.807, 2.05) is 6.07 Å². The first-order valence-electron chi connectivity index (χ1n) is 4.40. The Balaban J connectivity index is 2.45. The Hall–Kier alpha value is -1.27. The summed E-state index contributed by atoms with van der Waals surface area (Å²) in [6.07, 6.45) is 1.66. The molecule has 4 nitrogen and oxygen atoms in total. The lowest BCUT2D eigenvalue weighted by Gasteiger charge is -1.94. The van der Waals surface area contributed by atoms with Gasteiger partial charge in [0.05, 0.1) is 5.69 Å². The lowest BCUT2D eigenvalue weighted by Crippen LogP contribution is -1.98. The predicted molar refractivity (Wildman–Crippen MR) is 64.7 cm³/mol. The molecule has 0 bridgehead atoms. The van der Waals surface area contributed by atoms with Crippen molar-refractivity contribution in [1.29, 1.82) is 0 Å². The first-order valence-corrected chi connectivity index (χ1v) is 6.01. The maximum atomic E-state index is 10.8. The fraction of sp³-hybridized carbons (Fsp3) is 0.100. The van der Waals surface area contributed by atoms with Crippen LogP contribution in [0.2, 0.25) is 0 Å². The first kappa shape index (κ1) is 11.2. The SMILES string of the molecule is Cc1sc(-c2ccc(Br)cn2)nc1C(=O)O. The Morgan fingerprint density at radius 3 is 2.75 bits per heavy atom. The average molecular weight is 299 g/mol. The minimum atomic E-state index is -1.00. The number of carboxylic acid groups (broad SMARTS) is 1. The molecule has 16 heavy (non-hydrogen) atoms. The number of carbonyl (C=O) groups is 1. The van der Waals surface area contributed by atoms with Crippen molar-refractivity contribution in [2.75, 3.05) is 0 Å². The summed E-state index contributed by atoms with van der Waals surface area (Å²) in [5.74, 6) is -1.00. The Kier molecular flexibility index (Phi) is 3.02. The smallest absolute Gasteiger partial charge is 0.355 e. The number of nitrogens with zero attached hydrogens (tertiary/aromatic N) is 2. The highest BCUT2D eigenvalue weighted by Crippen LogP contribution is 2.26. The van der Waals surface area contributed by atoms with Crippen molar-refractivity contribution in [2.24, 2.45) is 0 Å². The lowest BCUT2D eigenvalue weighted by molar-refractivity contribution is 0.0690. The summed E-state index contributed by atoms with van der Waals surface area (Å²) in [5, 5.41) is 9.51. The summed E-state index contributed by atoms with van der Waals surface area (Å²) in [5.41, 5.74) is 0.786. The number of hydrogen-bond acceptors (Lipinski definition) is 4. The molecular formula is C10H7BrN2O2S. The molecule has 2 heterocycles. The maximum Gasteiger partial charge on any atom is 0.355 e. The number of aromatic carboxylic acids is 1. The molecule has 0 spiro atoms. The van der Waals surface area contributed by atoms with Crippen molar-refractivity contribution in [2.45, 2.75) is 6.92 Å². The van der Waals surface area contributed by atoms with Crippen LogP contribution in [0.15, 0.2) is 22.8 Å². The molecular weight excluding hydrogens is 292 g/mol. The summed E-state index contributed by atoms with van der Waals surface area (Å²) in [7, 11) is 0. The van der Waals surface area contributed by atoms with Crippen molar-refractivity contribution in [3.05, 3.63) is 33.4 Å². The van der Waals surface area contributed by atoms with Crippen LogP contribution >= 0.6 is 27.3 Å². The highest BCUT2D eigenvalue weighted by Gasteiger charge is 2.15. The van der Waals surface area contributed by atoms with Gasteiger partial charge in [0.2, 0.25) is 0 Å². The third kappa shape index (κ3) is 2.12. The second-order valence-electron chi connectivity index (χ2n) is 3.09. The molecule has 0 saturated heterocycles. The van der Waals surface area contributed by atoms with Gasteiger partial charge in [0, 0.05) is 15.5 Å². The van der Waals surface area contributed by atoms with Gasteiger partial charge >= 0.3 is 5.97 Å². The molecule has 0 aliphatic rings. The van der Waals surface area contributed by atoms with Gasteiger partial charge in [-0.3, -0.25) is 4.98 Å². The van der Waals surface area contributed by atoms with Crippen molar-refractivity contribution >= 4 is 33.2 Å². The topological polar surface area (TPSA) is 63.1 Å². The van der Waals surface area contributed by atoms with E-state index in [2.05, 4.69) is 25.9 Å². The number of pyridine rings is 1. The number of halogens is 1. The summed E-state index contributed by atoms with van der Waals surface area (Å²) in [6.45, 7) is 1.74. The highest BCUT2D eigenvalue weighted by molar-refractivity contribution is 9.10. The zero-order valence-corrected chi connectivity index (χ0v) is 10.7. The molecule has 0 saturated carbocycles. The third-order valence-corrected chi connectivity index (χ3v) is 3.41. The van der Waals surface area contributed by atoms with E-state index in [1.165, 1.54) is 11.3 Å². The summed E-state index contributed by atoms with van der Waals surface area (Å²) in [4.78, 5) is 19.7. The van der Waals surface area contributed by atoms with Crippen molar-refractivity contribution in [3.8, 4) is 10.7 Å². The van der Waals surface area contributed by atoms with Crippen LogP contribution in [0.25, 0.3) is 10.7 Å². The Bertz CT molecular complexity index is 536. The molecule has 0 amide bonds. The van der Waals surface area contributed by atoms with E-state index in [0.717, 1.165) is 4.47 Å². The quantitative estimate of drug-likeness (QED) is 0.926. The van der Waals surface area contributed by atoms with E-state index < -0.39 is 5.97 Å². The van der Waals surface area contributed by atoms with Gasteiger partial charge in [-0.1, -0.05) is 0 Å². The number of thiazole rings is 1. The molecule has 82 valence electrons. The molecule has 2 aromatic rings. The van der Waals surface area contributed by atoms with Crippen molar-refractivity contribution in [1.82, 2.24) is 9.97 Å². The predicted octanol–water partition coefficient (Wildman–Crippen LogP) is 2.97. The monoisotopic (exact) mass is 298 g/mol. The number of aromatic nitrogens is 2. The summed E-state index contributed by atoms with van der Waals surface area (Å²) in [6, 6.07) is 3.65. The van der Waals surface area contributed by atoms with Gasteiger partial charge in [-0.25, -0.2) is 9.78 Å². The second-order valence-corrected chi connectivity index (χ2v) is 5.21. The van der Waals surface area contributed by atoms with Crippen LogP contribution in [-0.4, -0.2) is 21.0 Å². The van der Waals surface area contributed by atoms with Crippen molar-refractivity contribution in [3.63, 3.8) is 0 Å². The standard InChI is InChI=1S/C10H7BrN2O2S/c1-5-8(10(14)15)13-9(16-5)7-3-2-6(11)4-12-7/h2-4H,1H3,(H,14,15). The molecule has 2 rings (SSSR count). The van der Waals surface area contributed by atoms with E-state index in [-0.39, 0.29) is 5.69 Å². The van der Waals surface area contributed by atoms with Crippen LogP contribution in [0.5, 0.6) is 0 Å². The fourth-order valence-electron chi connectivity index (χ4n) is 1.21. The van der Waals surface area contributed by atoms with Crippen LogP contribution in [-0.2, 0) is 0 Å². The number of aryl methyl sites for hydroxylation is 1. The van der Waals surface area contributed by atoms with E-state index in [4.69, 9.17) is 5.11 Å². The molecule has 0 fully saturated rings. The van der Waals surface area contributed by atoms with E-state index in [0.29, 0.717) is 15.6 Å². The fourth-order valence-corrected chi connectivity index (χ4v) is 2.32. The van der Waals surface area contributed by atoms with Gasteiger partial charge in [0.15, 0.2) is 5.69 Å².